The van der Waals surface area contributed by atoms with Gasteiger partial charge >= 0.3 is 0 Å². The standard InChI is InChI=1S/C35H38ClN3O4S/c1-3-4-23-37-35(41)33(24-28-11-7-5-8-12-28)38(25-29-17-15-27(2)16-18-29)34(40)26-39(31-21-19-30(36)20-22-31)44(42,43)32-13-9-6-10-14-32/h5-22,33H,3-4,23-26H2,1-2H3,(H,37,41)/t33-/m0/s1. The van der Waals surface area contributed by atoms with Gasteiger partial charge in [-0.1, -0.05) is 103 Å². The molecule has 4 rings (SSSR count). The molecule has 0 aliphatic carbocycles. The fourth-order valence-electron chi connectivity index (χ4n) is 4.81. The van der Waals surface area contributed by atoms with Crippen molar-refractivity contribution in [3.63, 3.8) is 0 Å². The van der Waals surface area contributed by atoms with Gasteiger partial charge in [0.05, 0.1) is 10.6 Å². The van der Waals surface area contributed by atoms with Gasteiger partial charge in [-0.3, -0.25) is 13.9 Å². The normalized spacial score (nSPS) is 11.9. The topological polar surface area (TPSA) is 86.8 Å². The first-order valence-electron chi connectivity index (χ1n) is 14.7. The third-order valence-electron chi connectivity index (χ3n) is 7.30. The molecule has 230 valence electrons. The highest BCUT2D eigenvalue weighted by molar-refractivity contribution is 7.92. The smallest absolute Gasteiger partial charge is 0.264 e. The summed E-state index contributed by atoms with van der Waals surface area (Å²) in [5.74, 6) is -0.793. The first-order chi connectivity index (χ1) is 21.2. The summed E-state index contributed by atoms with van der Waals surface area (Å²) in [6.07, 6.45) is 1.97. The Morgan fingerprint density at radius 2 is 1.43 bits per heavy atom. The van der Waals surface area contributed by atoms with Crippen LogP contribution < -0.4 is 9.62 Å². The van der Waals surface area contributed by atoms with E-state index in [4.69, 9.17) is 11.6 Å². The van der Waals surface area contributed by atoms with Crippen molar-refractivity contribution in [3.05, 3.63) is 131 Å². The van der Waals surface area contributed by atoms with Gasteiger partial charge in [-0.05, 0) is 60.9 Å². The molecular weight excluding hydrogens is 594 g/mol. The molecule has 1 atom stereocenters. The molecule has 0 aromatic heterocycles. The number of hydrogen-bond acceptors (Lipinski definition) is 4. The number of sulfonamides is 1. The van der Waals surface area contributed by atoms with Gasteiger partial charge < -0.3 is 10.2 Å². The summed E-state index contributed by atoms with van der Waals surface area (Å²) in [5.41, 5.74) is 3.06. The predicted molar refractivity (Wildman–Crippen MR) is 176 cm³/mol. The molecule has 0 aliphatic rings. The van der Waals surface area contributed by atoms with E-state index in [0.717, 1.165) is 33.8 Å². The molecule has 0 radical (unpaired) electrons. The van der Waals surface area contributed by atoms with Gasteiger partial charge in [0.2, 0.25) is 11.8 Å². The summed E-state index contributed by atoms with van der Waals surface area (Å²) < 4.78 is 29.0. The number of benzene rings is 4. The molecule has 0 fully saturated rings. The third kappa shape index (κ3) is 8.71. The number of aryl methyl sites for hydroxylation is 1. The van der Waals surface area contributed by atoms with E-state index in [2.05, 4.69) is 5.32 Å². The Labute approximate surface area is 265 Å². The average molecular weight is 632 g/mol. The Hall–Kier alpha value is -4.14. The molecule has 0 spiro atoms. The number of hydrogen-bond donors (Lipinski definition) is 1. The molecule has 9 heteroatoms. The van der Waals surface area contributed by atoms with Crippen molar-refractivity contribution in [2.24, 2.45) is 0 Å². The molecule has 4 aromatic carbocycles. The molecular formula is C35H38ClN3O4S. The van der Waals surface area contributed by atoms with Gasteiger partial charge in [-0.2, -0.15) is 0 Å². The largest absolute Gasteiger partial charge is 0.354 e. The van der Waals surface area contributed by atoms with Crippen LogP contribution in [0.2, 0.25) is 5.02 Å². The molecule has 0 unspecified atom stereocenters. The number of carbonyl (C=O) groups excluding carboxylic acids is 2. The SMILES string of the molecule is CCCCNC(=O)[C@H](Cc1ccccc1)N(Cc1ccc(C)cc1)C(=O)CN(c1ccc(Cl)cc1)S(=O)(=O)c1ccccc1. The number of halogens is 1. The Morgan fingerprint density at radius 1 is 0.818 bits per heavy atom. The lowest BCUT2D eigenvalue weighted by Gasteiger charge is -2.34. The zero-order chi connectivity index (χ0) is 31.5. The van der Waals surface area contributed by atoms with E-state index in [-0.39, 0.29) is 29.5 Å². The maximum atomic E-state index is 14.4. The van der Waals surface area contributed by atoms with Crippen molar-refractivity contribution >= 4 is 39.1 Å². The molecule has 1 N–H and O–H groups in total. The second-order valence-electron chi connectivity index (χ2n) is 10.7. The lowest BCUT2D eigenvalue weighted by Crippen LogP contribution is -2.53. The monoisotopic (exact) mass is 631 g/mol. The lowest BCUT2D eigenvalue weighted by atomic mass is 10.0. The Morgan fingerprint density at radius 3 is 2.05 bits per heavy atom. The van der Waals surface area contributed by atoms with Crippen molar-refractivity contribution in [2.45, 2.75) is 50.6 Å². The van der Waals surface area contributed by atoms with E-state index in [1.54, 1.807) is 42.5 Å². The number of nitrogens with zero attached hydrogens (tertiary/aromatic N) is 2. The zero-order valence-corrected chi connectivity index (χ0v) is 26.6. The summed E-state index contributed by atoms with van der Waals surface area (Å²) in [6, 6.07) is 30.7. The minimum atomic E-state index is -4.15. The van der Waals surface area contributed by atoms with Gasteiger partial charge in [0.25, 0.3) is 10.0 Å². The van der Waals surface area contributed by atoms with Crippen LogP contribution in [0.25, 0.3) is 0 Å². The second kappa shape index (κ2) is 15.5. The first kappa shape index (κ1) is 32.8. The molecule has 0 heterocycles. The quantitative estimate of drug-likeness (QED) is 0.163. The Bertz CT molecular complexity index is 1610. The van der Waals surface area contributed by atoms with Crippen LogP contribution in [-0.2, 0) is 32.6 Å². The van der Waals surface area contributed by atoms with Crippen molar-refractivity contribution in [1.82, 2.24) is 10.2 Å². The van der Waals surface area contributed by atoms with Crippen LogP contribution in [0.4, 0.5) is 5.69 Å². The summed E-state index contributed by atoms with van der Waals surface area (Å²) in [6.45, 7) is 4.10. The van der Waals surface area contributed by atoms with Gasteiger partial charge in [-0.15, -0.1) is 0 Å². The molecule has 7 nitrogen and oxygen atoms in total. The minimum absolute atomic E-state index is 0.0472. The lowest BCUT2D eigenvalue weighted by molar-refractivity contribution is -0.140. The number of rotatable bonds is 14. The summed E-state index contributed by atoms with van der Waals surface area (Å²) in [7, 11) is -4.15. The minimum Gasteiger partial charge on any atom is -0.354 e. The average Bonchev–Trinajstić information content (AvgIpc) is 3.03. The third-order valence-corrected chi connectivity index (χ3v) is 9.34. The fraction of sp³-hybridized carbons (Fsp3) is 0.257. The fourth-order valence-corrected chi connectivity index (χ4v) is 6.37. The van der Waals surface area contributed by atoms with Crippen LogP contribution in [0.15, 0.2) is 114 Å². The highest BCUT2D eigenvalue weighted by atomic mass is 35.5. The van der Waals surface area contributed by atoms with E-state index in [0.29, 0.717) is 11.6 Å². The number of carbonyl (C=O) groups is 2. The summed E-state index contributed by atoms with van der Waals surface area (Å²) in [4.78, 5) is 29.7. The zero-order valence-electron chi connectivity index (χ0n) is 25.0. The molecule has 0 aliphatic heterocycles. The maximum Gasteiger partial charge on any atom is 0.264 e. The predicted octanol–water partition coefficient (Wildman–Crippen LogP) is 6.40. The van der Waals surface area contributed by atoms with E-state index in [9.17, 15) is 18.0 Å². The van der Waals surface area contributed by atoms with Crippen LogP contribution >= 0.6 is 11.6 Å². The van der Waals surface area contributed by atoms with Crippen molar-refractivity contribution < 1.29 is 18.0 Å². The second-order valence-corrected chi connectivity index (χ2v) is 13.0. The van der Waals surface area contributed by atoms with Crippen molar-refractivity contribution in [1.29, 1.82) is 0 Å². The maximum absolute atomic E-state index is 14.4. The highest BCUT2D eigenvalue weighted by Crippen LogP contribution is 2.26. The van der Waals surface area contributed by atoms with Gasteiger partial charge in [0.15, 0.2) is 0 Å². The molecule has 0 saturated heterocycles. The van der Waals surface area contributed by atoms with Crippen LogP contribution in [0.5, 0.6) is 0 Å². The van der Waals surface area contributed by atoms with Gasteiger partial charge in [-0.25, -0.2) is 8.42 Å². The van der Waals surface area contributed by atoms with Crippen LogP contribution in [-0.4, -0.2) is 44.3 Å². The van der Waals surface area contributed by atoms with E-state index >= 15 is 0 Å². The number of unbranched alkanes of at least 4 members (excludes halogenated alkanes) is 1. The number of nitrogens with one attached hydrogen (secondary N) is 1. The number of anilines is 1. The molecule has 2 amide bonds. The Kier molecular flexibility index (Phi) is 11.6. The van der Waals surface area contributed by atoms with Crippen LogP contribution in [0.3, 0.4) is 0 Å². The van der Waals surface area contributed by atoms with Gasteiger partial charge in [0, 0.05) is 24.5 Å². The molecule has 0 bridgehead atoms. The van der Waals surface area contributed by atoms with Gasteiger partial charge in [0.1, 0.15) is 12.6 Å². The number of amides is 2. The van der Waals surface area contributed by atoms with E-state index in [1.165, 1.54) is 17.0 Å². The summed E-state index contributed by atoms with van der Waals surface area (Å²) in [5, 5.41) is 3.44. The molecule has 44 heavy (non-hydrogen) atoms. The molecule has 0 saturated carbocycles. The van der Waals surface area contributed by atoms with E-state index < -0.39 is 28.5 Å². The van der Waals surface area contributed by atoms with Crippen LogP contribution in [0, 0.1) is 6.92 Å². The van der Waals surface area contributed by atoms with Crippen molar-refractivity contribution in [2.75, 3.05) is 17.4 Å². The summed E-state index contributed by atoms with van der Waals surface area (Å²) >= 11 is 6.12. The van der Waals surface area contributed by atoms with Crippen LogP contribution in [0.1, 0.15) is 36.5 Å². The Balaban J connectivity index is 1.77. The first-order valence-corrected chi connectivity index (χ1v) is 16.5. The molecule has 4 aromatic rings. The highest BCUT2D eigenvalue weighted by Gasteiger charge is 2.34. The van der Waals surface area contributed by atoms with Crippen molar-refractivity contribution in [3.8, 4) is 0 Å². The van der Waals surface area contributed by atoms with E-state index in [1.807, 2.05) is 68.4 Å².